The van der Waals surface area contributed by atoms with E-state index in [2.05, 4.69) is 37.7 Å². The van der Waals surface area contributed by atoms with Crippen LogP contribution >= 0.6 is 34.5 Å². The number of anilines is 2. The Morgan fingerprint density at radius 1 is 1.28 bits per heavy atom. The molecule has 9 nitrogen and oxygen atoms in total. The van der Waals surface area contributed by atoms with Crippen LogP contribution in [0, 0.1) is 17.8 Å². The van der Waals surface area contributed by atoms with Gasteiger partial charge in [0.1, 0.15) is 10.4 Å². The van der Waals surface area contributed by atoms with Crippen molar-refractivity contribution in [2.45, 2.75) is 44.9 Å². The summed E-state index contributed by atoms with van der Waals surface area (Å²) in [6, 6.07) is -0.0218. The molecule has 6 rings (SSSR count). The lowest BCUT2D eigenvalue weighted by Gasteiger charge is -2.29. The molecule has 1 amide bonds. The highest BCUT2D eigenvalue weighted by Crippen LogP contribution is 2.46. The van der Waals surface area contributed by atoms with Crippen LogP contribution in [0.5, 0.6) is 0 Å². The number of amides is 1. The second-order valence-electron chi connectivity index (χ2n) is 10.1. The highest BCUT2D eigenvalue weighted by Gasteiger charge is 2.48. The third kappa shape index (κ3) is 4.13. The molecule has 4 N–H and O–H groups in total. The topological polar surface area (TPSA) is 119 Å². The molecule has 3 aliphatic rings. The Morgan fingerprint density at radius 3 is 2.83 bits per heavy atom. The number of aromatic amines is 1. The Hall–Kier alpha value is -2.40. The standard InChI is InChI=1S/C24H27Cl2N7O2S/c1-10(2)28-23(35)15-11-3-4-12(7-11)16(15)29-17-14(25)8-27-21-18(17)30-22(32-21)19-20(26)31-24(36-19)33-6-5-13(34)9-33/h3-4,8,10-13,15-16,34H,5-7,9H2,1-2H3,(H,28,35)(H2,27,29,30,32)/t11-,12+,13-,15+,16-/m1/s1. The number of β-amino-alcohol motifs (C(OH)–C–C–N with tert-alkyl or cyclic N) is 1. The van der Waals surface area contributed by atoms with Gasteiger partial charge in [0.05, 0.1) is 28.9 Å². The fourth-order valence-corrected chi connectivity index (χ4v) is 7.05. The number of hydrogen-bond acceptors (Lipinski definition) is 8. The number of imidazole rings is 1. The van der Waals surface area contributed by atoms with Crippen molar-refractivity contribution in [1.29, 1.82) is 0 Å². The van der Waals surface area contributed by atoms with Gasteiger partial charge in [-0.1, -0.05) is 46.7 Å². The van der Waals surface area contributed by atoms with Gasteiger partial charge in [0, 0.05) is 25.2 Å². The Morgan fingerprint density at radius 2 is 2.08 bits per heavy atom. The second kappa shape index (κ2) is 9.16. The third-order valence-corrected chi connectivity index (χ3v) is 8.99. The van der Waals surface area contributed by atoms with Crippen LogP contribution in [-0.2, 0) is 4.79 Å². The highest BCUT2D eigenvalue weighted by molar-refractivity contribution is 7.19. The lowest BCUT2D eigenvalue weighted by atomic mass is 9.87. The number of aliphatic hydroxyl groups excluding tert-OH is 1. The summed E-state index contributed by atoms with van der Waals surface area (Å²) in [6.45, 7) is 5.22. The zero-order valence-electron chi connectivity index (χ0n) is 19.8. The smallest absolute Gasteiger partial charge is 0.225 e. The van der Waals surface area contributed by atoms with Gasteiger partial charge in [0.15, 0.2) is 21.8 Å². The predicted octanol–water partition coefficient (Wildman–Crippen LogP) is 4.09. The molecule has 190 valence electrons. The average molecular weight is 549 g/mol. The first-order valence-electron chi connectivity index (χ1n) is 12.2. The number of carbonyl (C=O) groups excluding carboxylic acids is 1. The molecule has 12 heteroatoms. The number of halogens is 2. The van der Waals surface area contributed by atoms with Gasteiger partial charge in [-0.3, -0.25) is 4.79 Å². The monoisotopic (exact) mass is 547 g/mol. The predicted molar refractivity (Wildman–Crippen MR) is 143 cm³/mol. The first kappa shape index (κ1) is 24.0. The lowest BCUT2D eigenvalue weighted by Crippen LogP contribution is -2.45. The van der Waals surface area contributed by atoms with Crippen molar-refractivity contribution in [3.8, 4) is 10.7 Å². The van der Waals surface area contributed by atoms with Crippen LogP contribution in [-0.4, -0.2) is 62.2 Å². The van der Waals surface area contributed by atoms with Crippen LogP contribution in [0.4, 0.5) is 10.8 Å². The molecule has 36 heavy (non-hydrogen) atoms. The number of H-pyrrole nitrogens is 1. The van der Waals surface area contributed by atoms with E-state index >= 15 is 0 Å². The van der Waals surface area contributed by atoms with Gasteiger partial charge in [0.2, 0.25) is 5.91 Å². The number of aliphatic hydroxyl groups is 1. The molecule has 1 saturated heterocycles. The summed E-state index contributed by atoms with van der Waals surface area (Å²) in [7, 11) is 0. The average Bonchev–Trinajstić information content (AvgIpc) is 3.63. The van der Waals surface area contributed by atoms with Crippen molar-refractivity contribution >= 4 is 62.4 Å². The quantitative estimate of drug-likeness (QED) is 0.343. The normalized spacial score (nSPS) is 27.1. The summed E-state index contributed by atoms with van der Waals surface area (Å²) in [5, 5.41) is 18.1. The van der Waals surface area contributed by atoms with Crippen LogP contribution < -0.4 is 15.5 Å². The highest BCUT2D eigenvalue weighted by atomic mass is 35.5. The Kier molecular flexibility index (Phi) is 6.10. The number of aromatic nitrogens is 4. The zero-order valence-corrected chi connectivity index (χ0v) is 22.2. The molecule has 0 aromatic carbocycles. The number of nitrogens with zero attached hydrogens (tertiary/aromatic N) is 4. The van der Waals surface area contributed by atoms with Gasteiger partial charge in [-0.25, -0.2) is 15.0 Å². The molecule has 0 spiro atoms. The molecule has 2 bridgehead atoms. The molecule has 3 aromatic heterocycles. The van der Waals surface area contributed by atoms with Gasteiger partial charge < -0.3 is 25.6 Å². The SMILES string of the molecule is CC(C)NC(=O)[C@@H]1[C@H](Nc2c(Cl)cnc3[nH]c(-c4sc(N5CC[C@@H](O)C5)nc4Cl)nc23)[C@H]2C=C[C@@H]1C2. The largest absolute Gasteiger partial charge is 0.391 e. The summed E-state index contributed by atoms with van der Waals surface area (Å²) in [6.07, 6.45) is 7.24. The van der Waals surface area contributed by atoms with E-state index in [0.717, 1.165) is 18.1 Å². The van der Waals surface area contributed by atoms with E-state index in [0.29, 0.717) is 50.7 Å². The van der Waals surface area contributed by atoms with Gasteiger partial charge in [-0.2, -0.15) is 0 Å². The summed E-state index contributed by atoms with van der Waals surface area (Å²) >= 11 is 14.6. The van der Waals surface area contributed by atoms with E-state index in [9.17, 15) is 9.90 Å². The first-order chi connectivity index (χ1) is 17.3. The maximum absolute atomic E-state index is 13.1. The Labute approximate surface area is 222 Å². The molecule has 5 atom stereocenters. The minimum absolute atomic E-state index is 0.0551. The van der Waals surface area contributed by atoms with E-state index in [1.807, 2.05) is 18.7 Å². The van der Waals surface area contributed by atoms with Crippen LogP contribution in [0.1, 0.15) is 26.7 Å². The first-order valence-corrected chi connectivity index (χ1v) is 13.7. The second-order valence-corrected chi connectivity index (χ2v) is 11.8. The summed E-state index contributed by atoms with van der Waals surface area (Å²) in [4.78, 5) is 32.8. The van der Waals surface area contributed by atoms with Gasteiger partial charge >= 0.3 is 0 Å². The van der Waals surface area contributed by atoms with Crippen LogP contribution in [0.15, 0.2) is 18.3 Å². The van der Waals surface area contributed by atoms with Crippen LogP contribution in [0.3, 0.4) is 0 Å². The van der Waals surface area contributed by atoms with Crippen molar-refractivity contribution in [2.24, 2.45) is 17.8 Å². The number of pyridine rings is 1. The fourth-order valence-electron chi connectivity index (χ4n) is 5.59. The fraction of sp³-hybridized carbons (Fsp3) is 0.500. The number of allylic oxidation sites excluding steroid dienone is 1. The number of hydrogen-bond donors (Lipinski definition) is 4. The summed E-state index contributed by atoms with van der Waals surface area (Å²) < 4.78 is 0. The van der Waals surface area contributed by atoms with Crippen molar-refractivity contribution in [2.75, 3.05) is 23.3 Å². The minimum Gasteiger partial charge on any atom is -0.391 e. The third-order valence-electron chi connectivity index (χ3n) is 7.19. The minimum atomic E-state index is -0.352. The van der Waals surface area contributed by atoms with E-state index in [1.165, 1.54) is 11.3 Å². The Bertz CT molecular complexity index is 1360. The molecule has 3 aromatic rings. The Balaban J connectivity index is 1.33. The molecule has 1 aliphatic heterocycles. The molecular weight excluding hydrogens is 521 g/mol. The number of rotatable bonds is 6. The van der Waals surface area contributed by atoms with Crippen molar-refractivity contribution in [1.82, 2.24) is 25.3 Å². The maximum atomic E-state index is 13.1. The molecule has 2 fully saturated rings. The van der Waals surface area contributed by atoms with Gasteiger partial charge in [-0.05, 0) is 38.5 Å². The van der Waals surface area contributed by atoms with Crippen LogP contribution in [0.25, 0.3) is 21.9 Å². The molecule has 0 unspecified atom stereocenters. The van der Waals surface area contributed by atoms with Crippen molar-refractivity contribution in [3.05, 3.63) is 28.5 Å². The number of fused-ring (bicyclic) bond motifs is 3. The van der Waals surface area contributed by atoms with E-state index in [-0.39, 0.29) is 41.8 Å². The van der Waals surface area contributed by atoms with Gasteiger partial charge in [-0.15, -0.1) is 0 Å². The van der Waals surface area contributed by atoms with Crippen molar-refractivity contribution in [3.63, 3.8) is 0 Å². The van der Waals surface area contributed by atoms with Gasteiger partial charge in [0.25, 0.3) is 0 Å². The summed E-state index contributed by atoms with van der Waals surface area (Å²) in [5.41, 5.74) is 1.82. The zero-order chi connectivity index (χ0) is 25.1. The number of thiazole rings is 1. The number of nitrogens with one attached hydrogen (secondary N) is 3. The van der Waals surface area contributed by atoms with E-state index in [1.54, 1.807) is 6.20 Å². The molecule has 4 heterocycles. The van der Waals surface area contributed by atoms with E-state index < -0.39 is 0 Å². The number of carbonyl (C=O) groups is 1. The summed E-state index contributed by atoms with van der Waals surface area (Å²) in [5.74, 6) is 0.868. The van der Waals surface area contributed by atoms with Crippen molar-refractivity contribution < 1.29 is 9.90 Å². The molecule has 0 radical (unpaired) electrons. The molecular formula is C24H27Cl2N7O2S. The van der Waals surface area contributed by atoms with Crippen LogP contribution in [0.2, 0.25) is 10.2 Å². The van der Waals surface area contributed by atoms with E-state index in [4.69, 9.17) is 28.2 Å². The maximum Gasteiger partial charge on any atom is 0.225 e. The lowest BCUT2D eigenvalue weighted by molar-refractivity contribution is -0.126. The molecule has 2 aliphatic carbocycles. The molecule has 1 saturated carbocycles.